The van der Waals surface area contributed by atoms with Crippen molar-refractivity contribution in [1.29, 1.82) is 0 Å². The van der Waals surface area contributed by atoms with E-state index in [1.165, 1.54) is 0 Å². The summed E-state index contributed by atoms with van der Waals surface area (Å²) in [5.41, 5.74) is 2.16. The molecule has 0 unspecified atom stereocenters. The Hall–Kier alpha value is -3.22. The maximum atomic E-state index is 12.3. The van der Waals surface area contributed by atoms with Crippen molar-refractivity contribution in [3.63, 3.8) is 0 Å². The zero-order valence-electron chi connectivity index (χ0n) is 13.8. The van der Waals surface area contributed by atoms with Gasteiger partial charge in [-0.1, -0.05) is 0 Å². The lowest BCUT2D eigenvalue weighted by atomic mass is 10.2. The Kier molecular flexibility index (Phi) is 4.24. The fraction of sp³-hybridized carbons (Fsp3) is 0.176. The van der Waals surface area contributed by atoms with Crippen LogP contribution in [-0.4, -0.2) is 39.5 Å². The van der Waals surface area contributed by atoms with Crippen molar-refractivity contribution in [2.24, 2.45) is 0 Å². The molecule has 0 aliphatic rings. The Morgan fingerprint density at radius 3 is 2.29 bits per heavy atom. The molecule has 0 bridgehead atoms. The fourth-order valence-electron chi connectivity index (χ4n) is 2.21. The van der Waals surface area contributed by atoms with E-state index in [9.17, 15) is 4.79 Å². The van der Waals surface area contributed by atoms with Gasteiger partial charge in [-0.25, -0.2) is 15.0 Å². The second kappa shape index (κ2) is 6.49. The number of carbonyl (C=O) groups excluding carboxylic acids is 1. The Morgan fingerprint density at radius 1 is 1.08 bits per heavy atom. The van der Waals surface area contributed by atoms with E-state index in [2.05, 4.69) is 20.3 Å². The number of nitrogens with one attached hydrogen (secondary N) is 1. The number of aromatic nitrogens is 4. The first kappa shape index (κ1) is 15.7. The van der Waals surface area contributed by atoms with Crippen molar-refractivity contribution >= 4 is 17.3 Å². The smallest absolute Gasteiger partial charge is 0.255 e. The third kappa shape index (κ3) is 3.24. The molecule has 122 valence electrons. The molecular formula is C17H18N6O. The van der Waals surface area contributed by atoms with Crippen LogP contribution in [0.25, 0.3) is 5.95 Å². The highest BCUT2D eigenvalue weighted by Gasteiger charge is 2.08. The van der Waals surface area contributed by atoms with Gasteiger partial charge in [0, 0.05) is 37.7 Å². The second-order valence-corrected chi connectivity index (χ2v) is 5.51. The van der Waals surface area contributed by atoms with E-state index in [-0.39, 0.29) is 5.91 Å². The Balaban J connectivity index is 1.71. The number of aryl methyl sites for hydroxylation is 1. The maximum absolute atomic E-state index is 12.3. The summed E-state index contributed by atoms with van der Waals surface area (Å²) in [7, 11) is 3.91. The molecular weight excluding hydrogens is 304 g/mol. The fourth-order valence-corrected chi connectivity index (χ4v) is 2.21. The Morgan fingerprint density at radius 2 is 1.75 bits per heavy atom. The summed E-state index contributed by atoms with van der Waals surface area (Å²) in [5.74, 6) is 1.11. The summed E-state index contributed by atoms with van der Waals surface area (Å²) in [6, 6.07) is 7.37. The van der Waals surface area contributed by atoms with E-state index in [1.807, 2.05) is 38.1 Å². The molecule has 0 saturated heterocycles. The number of nitrogens with zero attached hydrogens (tertiary/aromatic N) is 5. The molecule has 0 atom stereocenters. The van der Waals surface area contributed by atoms with Crippen molar-refractivity contribution < 1.29 is 4.79 Å². The number of rotatable bonds is 4. The molecule has 0 fully saturated rings. The van der Waals surface area contributed by atoms with Gasteiger partial charge in [0.25, 0.3) is 5.91 Å². The minimum absolute atomic E-state index is 0.199. The largest absolute Gasteiger partial charge is 0.378 e. The van der Waals surface area contributed by atoms with E-state index in [1.54, 1.807) is 41.5 Å². The number of hydrogen-bond donors (Lipinski definition) is 1. The number of amides is 1. The third-order valence-electron chi connectivity index (χ3n) is 3.58. The number of imidazole rings is 1. The summed E-state index contributed by atoms with van der Waals surface area (Å²) >= 11 is 0. The van der Waals surface area contributed by atoms with Gasteiger partial charge in [0.1, 0.15) is 5.82 Å². The van der Waals surface area contributed by atoms with E-state index < -0.39 is 0 Å². The van der Waals surface area contributed by atoms with E-state index in [0.717, 1.165) is 11.5 Å². The standard InChI is InChI=1S/C17H18N6O/c1-12-18-8-9-23(12)17-19-10-14(11-20-17)21-16(24)13-4-6-15(7-5-13)22(2)3/h4-11H,1-3H3,(H,21,24). The molecule has 0 aliphatic carbocycles. The summed E-state index contributed by atoms with van der Waals surface area (Å²) in [6.07, 6.45) is 6.63. The van der Waals surface area contributed by atoms with Gasteiger partial charge in [0.15, 0.2) is 0 Å². The summed E-state index contributed by atoms with van der Waals surface area (Å²) in [4.78, 5) is 26.9. The zero-order chi connectivity index (χ0) is 17.1. The first-order valence-electron chi connectivity index (χ1n) is 7.46. The molecule has 1 N–H and O–H groups in total. The highest BCUT2D eigenvalue weighted by molar-refractivity contribution is 6.04. The van der Waals surface area contributed by atoms with Gasteiger partial charge in [0.05, 0.1) is 18.1 Å². The number of hydrogen-bond acceptors (Lipinski definition) is 5. The molecule has 3 rings (SSSR count). The van der Waals surface area contributed by atoms with Gasteiger partial charge in [-0.05, 0) is 31.2 Å². The van der Waals surface area contributed by atoms with Crippen LogP contribution in [0.2, 0.25) is 0 Å². The van der Waals surface area contributed by atoms with Crippen LogP contribution in [0.3, 0.4) is 0 Å². The van der Waals surface area contributed by atoms with E-state index >= 15 is 0 Å². The van der Waals surface area contributed by atoms with Crippen molar-refractivity contribution in [2.75, 3.05) is 24.3 Å². The molecule has 0 saturated carbocycles. The SMILES string of the molecule is Cc1nccn1-c1ncc(NC(=O)c2ccc(N(C)C)cc2)cn1. The first-order chi connectivity index (χ1) is 11.5. The van der Waals surface area contributed by atoms with Crippen LogP contribution in [0.15, 0.2) is 49.1 Å². The van der Waals surface area contributed by atoms with Crippen molar-refractivity contribution in [3.8, 4) is 5.95 Å². The van der Waals surface area contributed by atoms with Crippen LogP contribution in [0.1, 0.15) is 16.2 Å². The minimum atomic E-state index is -0.199. The summed E-state index contributed by atoms with van der Waals surface area (Å²) in [6.45, 7) is 1.87. The monoisotopic (exact) mass is 322 g/mol. The van der Waals surface area contributed by atoms with Crippen molar-refractivity contribution in [3.05, 3.63) is 60.4 Å². The highest BCUT2D eigenvalue weighted by atomic mass is 16.1. The third-order valence-corrected chi connectivity index (χ3v) is 3.58. The number of anilines is 2. The average molecular weight is 322 g/mol. The van der Waals surface area contributed by atoms with Gasteiger partial charge < -0.3 is 10.2 Å². The predicted molar refractivity (Wildman–Crippen MR) is 92.6 cm³/mol. The van der Waals surface area contributed by atoms with Gasteiger partial charge in [-0.2, -0.15) is 0 Å². The predicted octanol–water partition coefficient (Wildman–Crippen LogP) is 2.29. The molecule has 24 heavy (non-hydrogen) atoms. The topological polar surface area (TPSA) is 75.9 Å². The average Bonchev–Trinajstić information content (AvgIpc) is 3.01. The molecule has 0 spiro atoms. The molecule has 2 heterocycles. The Labute approximate surface area is 140 Å². The lowest BCUT2D eigenvalue weighted by molar-refractivity contribution is 0.102. The lowest BCUT2D eigenvalue weighted by Crippen LogP contribution is -2.14. The molecule has 0 radical (unpaired) electrons. The highest BCUT2D eigenvalue weighted by Crippen LogP contribution is 2.14. The van der Waals surface area contributed by atoms with Gasteiger partial charge in [0.2, 0.25) is 5.95 Å². The minimum Gasteiger partial charge on any atom is -0.378 e. The molecule has 1 aromatic carbocycles. The quantitative estimate of drug-likeness (QED) is 0.797. The Bertz CT molecular complexity index is 836. The summed E-state index contributed by atoms with van der Waals surface area (Å²) < 4.78 is 1.77. The molecule has 7 nitrogen and oxygen atoms in total. The molecule has 7 heteroatoms. The normalized spacial score (nSPS) is 10.5. The van der Waals surface area contributed by atoms with Crippen molar-refractivity contribution in [1.82, 2.24) is 19.5 Å². The maximum Gasteiger partial charge on any atom is 0.255 e. The van der Waals surface area contributed by atoms with Crippen LogP contribution in [0, 0.1) is 6.92 Å². The molecule has 0 aliphatic heterocycles. The number of benzene rings is 1. The van der Waals surface area contributed by atoms with Gasteiger partial charge in [-0.3, -0.25) is 9.36 Å². The van der Waals surface area contributed by atoms with E-state index in [4.69, 9.17) is 0 Å². The van der Waals surface area contributed by atoms with Crippen LogP contribution in [0.5, 0.6) is 0 Å². The van der Waals surface area contributed by atoms with E-state index in [0.29, 0.717) is 17.2 Å². The van der Waals surface area contributed by atoms with Crippen molar-refractivity contribution in [2.45, 2.75) is 6.92 Å². The molecule has 2 aromatic heterocycles. The molecule has 3 aromatic rings. The molecule has 1 amide bonds. The second-order valence-electron chi connectivity index (χ2n) is 5.51. The van der Waals surface area contributed by atoms with Crippen LogP contribution >= 0.6 is 0 Å². The van der Waals surface area contributed by atoms with Crippen LogP contribution < -0.4 is 10.2 Å². The van der Waals surface area contributed by atoms with Crippen LogP contribution in [0.4, 0.5) is 11.4 Å². The lowest BCUT2D eigenvalue weighted by Gasteiger charge is -2.12. The zero-order valence-corrected chi connectivity index (χ0v) is 13.8. The van der Waals surface area contributed by atoms with Crippen LogP contribution in [-0.2, 0) is 0 Å². The van der Waals surface area contributed by atoms with Gasteiger partial charge >= 0.3 is 0 Å². The number of carbonyl (C=O) groups is 1. The summed E-state index contributed by atoms with van der Waals surface area (Å²) in [5, 5.41) is 2.79. The first-order valence-corrected chi connectivity index (χ1v) is 7.46. The van der Waals surface area contributed by atoms with Gasteiger partial charge in [-0.15, -0.1) is 0 Å².